The van der Waals surface area contributed by atoms with Crippen LogP contribution in [0.2, 0.25) is 0 Å². The van der Waals surface area contributed by atoms with E-state index in [4.69, 9.17) is 4.98 Å². The van der Waals surface area contributed by atoms with E-state index in [0.29, 0.717) is 18.8 Å². The molecule has 0 atom stereocenters. The fourth-order valence-electron chi connectivity index (χ4n) is 3.89. The van der Waals surface area contributed by atoms with Gasteiger partial charge in [-0.25, -0.2) is 4.98 Å². The molecular weight excluding hydrogens is 360 g/mol. The summed E-state index contributed by atoms with van der Waals surface area (Å²) in [5.74, 6) is 0.901. The topological polar surface area (TPSA) is 41.4 Å². The molecule has 0 N–H and O–H groups in total. The van der Waals surface area contributed by atoms with E-state index in [1.165, 1.54) is 5.39 Å². The van der Waals surface area contributed by atoms with Crippen LogP contribution in [0.1, 0.15) is 37.0 Å². The van der Waals surface area contributed by atoms with Crippen molar-refractivity contribution in [1.29, 1.82) is 0 Å². The van der Waals surface area contributed by atoms with Gasteiger partial charge in [0.25, 0.3) is 5.91 Å². The Kier molecular flexibility index (Phi) is 6.70. The number of aromatic nitrogens is 2. The highest BCUT2D eigenvalue weighted by Gasteiger charge is 2.24. The number of fused-ring (bicyclic) bond motifs is 1. The van der Waals surface area contributed by atoms with E-state index in [-0.39, 0.29) is 5.91 Å². The third-order valence-corrected chi connectivity index (χ3v) is 5.68. The number of rotatable bonds is 8. The standard InChI is InChI=1S/C24H32N4O/c1-6-27(7-2)17-16-26(5)24(29)22-18(4)25-23(28(22)8-3)21-15-11-13-19-12-9-10-14-20(19)21/h9-15H,6-8,16-17H2,1-5H3. The maximum absolute atomic E-state index is 13.3. The lowest BCUT2D eigenvalue weighted by molar-refractivity contribution is 0.0768. The summed E-state index contributed by atoms with van der Waals surface area (Å²) in [6.45, 7) is 12.6. The number of likely N-dealkylation sites (N-methyl/N-ethyl adjacent to an activating group) is 2. The summed E-state index contributed by atoms with van der Waals surface area (Å²) in [5.41, 5.74) is 2.55. The average molecular weight is 393 g/mol. The molecule has 2 aromatic carbocycles. The first-order chi connectivity index (χ1) is 14.0. The molecule has 0 spiro atoms. The minimum atomic E-state index is 0.0375. The van der Waals surface area contributed by atoms with Crippen molar-refractivity contribution in [3.8, 4) is 11.4 Å². The molecule has 0 radical (unpaired) electrons. The van der Waals surface area contributed by atoms with Crippen LogP contribution in [0.5, 0.6) is 0 Å². The zero-order valence-electron chi connectivity index (χ0n) is 18.3. The average Bonchev–Trinajstić information content (AvgIpc) is 3.09. The Morgan fingerprint density at radius 2 is 1.69 bits per heavy atom. The van der Waals surface area contributed by atoms with E-state index >= 15 is 0 Å². The summed E-state index contributed by atoms with van der Waals surface area (Å²) in [7, 11) is 1.88. The molecule has 5 nitrogen and oxygen atoms in total. The van der Waals surface area contributed by atoms with Gasteiger partial charge < -0.3 is 14.4 Å². The summed E-state index contributed by atoms with van der Waals surface area (Å²) in [6.07, 6.45) is 0. The molecule has 1 heterocycles. The minimum Gasteiger partial charge on any atom is -0.339 e. The van der Waals surface area contributed by atoms with Crippen molar-refractivity contribution in [1.82, 2.24) is 19.4 Å². The molecular formula is C24H32N4O. The summed E-state index contributed by atoms with van der Waals surface area (Å²) in [5, 5.41) is 2.33. The Morgan fingerprint density at radius 3 is 2.38 bits per heavy atom. The molecule has 0 bridgehead atoms. The molecule has 3 aromatic rings. The first-order valence-electron chi connectivity index (χ1n) is 10.5. The first kappa shape index (κ1) is 21.1. The van der Waals surface area contributed by atoms with Gasteiger partial charge in [0.15, 0.2) is 0 Å². The molecule has 154 valence electrons. The molecule has 0 saturated heterocycles. The van der Waals surface area contributed by atoms with Gasteiger partial charge in [-0.2, -0.15) is 0 Å². The minimum absolute atomic E-state index is 0.0375. The number of hydrogen-bond acceptors (Lipinski definition) is 3. The highest BCUT2D eigenvalue weighted by Crippen LogP contribution is 2.30. The number of aryl methyl sites for hydroxylation is 1. The normalized spacial score (nSPS) is 11.4. The zero-order chi connectivity index (χ0) is 21.0. The molecule has 0 unspecified atom stereocenters. The Balaban J connectivity index is 1.98. The summed E-state index contributed by atoms with van der Waals surface area (Å²) in [4.78, 5) is 22.3. The van der Waals surface area contributed by atoms with Crippen LogP contribution >= 0.6 is 0 Å². The Labute approximate surface area is 174 Å². The van der Waals surface area contributed by atoms with Crippen molar-refractivity contribution in [3.05, 3.63) is 53.9 Å². The number of carbonyl (C=O) groups excluding carboxylic acids is 1. The second-order valence-corrected chi connectivity index (χ2v) is 7.39. The van der Waals surface area contributed by atoms with Crippen molar-refractivity contribution < 1.29 is 4.79 Å². The van der Waals surface area contributed by atoms with E-state index in [1.807, 2.05) is 31.0 Å². The second kappa shape index (κ2) is 9.23. The fraction of sp³-hybridized carbons (Fsp3) is 0.417. The molecule has 29 heavy (non-hydrogen) atoms. The summed E-state index contributed by atoms with van der Waals surface area (Å²) >= 11 is 0. The fourth-order valence-corrected chi connectivity index (χ4v) is 3.89. The van der Waals surface area contributed by atoms with Crippen molar-refractivity contribution in [2.75, 3.05) is 33.2 Å². The van der Waals surface area contributed by atoms with Gasteiger partial charge in [0, 0.05) is 32.2 Å². The third-order valence-electron chi connectivity index (χ3n) is 5.68. The van der Waals surface area contributed by atoms with Gasteiger partial charge in [0.05, 0.1) is 5.69 Å². The predicted octanol–water partition coefficient (Wildman–Crippen LogP) is 4.45. The summed E-state index contributed by atoms with van der Waals surface area (Å²) in [6, 6.07) is 14.6. The Bertz CT molecular complexity index is 982. The lowest BCUT2D eigenvalue weighted by Crippen LogP contribution is -2.37. The quantitative estimate of drug-likeness (QED) is 0.569. The van der Waals surface area contributed by atoms with Crippen molar-refractivity contribution in [2.45, 2.75) is 34.2 Å². The molecule has 0 aliphatic carbocycles. The Morgan fingerprint density at radius 1 is 1.00 bits per heavy atom. The van der Waals surface area contributed by atoms with Crippen LogP contribution in [-0.2, 0) is 6.54 Å². The SMILES string of the molecule is CCN(CC)CCN(C)C(=O)c1c(C)nc(-c2cccc3ccccc23)n1CC. The van der Waals surface area contributed by atoms with Gasteiger partial charge in [0.1, 0.15) is 11.5 Å². The highest BCUT2D eigenvalue weighted by molar-refractivity contribution is 5.98. The van der Waals surface area contributed by atoms with E-state index in [0.717, 1.165) is 42.1 Å². The van der Waals surface area contributed by atoms with Gasteiger partial charge in [-0.05, 0) is 37.7 Å². The van der Waals surface area contributed by atoms with Gasteiger partial charge in [0.2, 0.25) is 0 Å². The lowest BCUT2D eigenvalue weighted by atomic mass is 10.0. The second-order valence-electron chi connectivity index (χ2n) is 7.39. The van der Waals surface area contributed by atoms with Crippen LogP contribution in [0.25, 0.3) is 22.2 Å². The predicted molar refractivity (Wildman–Crippen MR) is 120 cm³/mol. The van der Waals surface area contributed by atoms with Crippen LogP contribution in [0.15, 0.2) is 42.5 Å². The smallest absolute Gasteiger partial charge is 0.272 e. The van der Waals surface area contributed by atoms with Crippen molar-refractivity contribution in [2.24, 2.45) is 0 Å². The van der Waals surface area contributed by atoms with Crippen LogP contribution in [0.4, 0.5) is 0 Å². The monoisotopic (exact) mass is 392 g/mol. The maximum atomic E-state index is 13.3. The van der Waals surface area contributed by atoms with Crippen LogP contribution in [0.3, 0.4) is 0 Å². The molecule has 1 amide bonds. The number of hydrogen-bond donors (Lipinski definition) is 0. The van der Waals surface area contributed by atoms with E-state index in [9.17, 15) is 4.79 Å². The largest absolute Gasteiger partial charge is 0.339 e. The first-order valence-corrected chi connectivity index (χ1v) is 10.5. The number of benzene rings is 2. The number of amides is 1. The van der Waals surface area contributed by atoms with Crippen LogP contribution in [-0.4, -0.2) is 58.5 Å². The highest BCUT2D eigenvalue weighted by atomic mass is 16.2. The number of carbonyl (C=O) groups is 1. The maximum Gasteiger partial charge on any atom is 0.272 e. The number of nitrogens with zero attached hydrogens (tertiary/aromatic N) is 4. The molecule has 1 aromatic heterocycles. The van der Waals surface area contributed by atoms with E-state index < -0.39 is 0 Å². The third kappa shape index (κ3) is 4.20. The van der Waals surface area contributed by atoms with Crippen molar-refractivity contribution >= 4 is 16.7 Å². The van der Waals surface area contributed by atoms with Crippen molar-refractivity contribution in [3.63, 3.8) is 0 Å². The molecule has 0 fully saturated rings. The van der Waals surface area contributed by atoms with Crippen LogP contribution in [0, 0.1) is 6.92 Å². The van der Waals surface area contributed by atoms with E-state index in [1.54, 1.807) is 0 Å². The Hall–Kier alpha value is -2.66. The van der Waals surface area contributed by atoms with Gasteiger partial charge >= 0.3 is 0 Å². The van der Waals surface area contributed by atoms with Gasteiger partial charge in [-0.3, -0.25) is 4.79 Å². The summed E-state index contributed by atoms with van der Waals surface area (Å²) < 4.78 is 2.06. The molecule has 3 rings (SSSR count). The van der Waals surface area contributed by atoms with Gasteiger partial charge in [-0.1, -0.05) is 56.3 Å². The molecule has 5 heteroatoms. The van der Waals surface area contributed by atoms with Crippen LogP contribution < -0.4 is 0 Å². The lowest BCUT2D eigenvalue weighted by Gasteiger charge is -2.23. The van der Waals surface area contributed by atoms with E-state index in [2.05, 4.69) is 60.6 Å². The molecule has 0 saturated carbocycles. The van der Waals surface area contributed by atoms with Gasteiger partial charge in [-0.15, -0.1) is 0 Å². The molecule has 0 aliphatic rings. The zero-order valence-corrected chi connectivity index (χ0v) is 18.3. The molecule has 0 aliphatic heterocycles. The number of imidazole rings is 1.